The molecule has 1 atom stereocenters. The molecule has 5 heteroatoms. The zero-order chi connectivity index (χ0) is 18.6. The van der Waals surface area contributed by atoms with Gasteiger partial charge in [0.15, 0.2) is 0 Å². The average molecular weight is 363 g/mol. The molecule has 0 bridgehead atoms. The molecule has 2 aromatic rings. The van der Waals surface area contributed by atoms with Crippen LogP contribution < -0.4 is 4.90 Å². The lowest BCUT2D eigenvalue weighted by Crippen LogP contribution is -2.50. The average Bonchev–Trinajstić information content (AvgIpc) is 3.09. The summed E-state index contributed by atoms with van der Waals surface area (Å²) in [6, 6.07) is 20.3. The number of hydrogen-bond acceptors (Lipinski definition) is 3. The van der Waals surface area contributed by atoms with Crippen LogP contribution >= 0.6 is 0 Å². The molecule has 2 heterocycles. The highest BCUT2D eigenvalue weighted by molar-refractivity contribution is 5.89. The van der Waals surface area contributed by atoms with Crippen LogP contribution in [-0.2, 0) is 16.1 Å². The molecule has 2 amide bonds. The van der Waals surface area contributed by atoms with Gasteiger partial charge in [0.05, 0.1) is 5.92 Å². The molecule has 0 spiro atoms. The molecule has 5 nitrogen and oxygen atoms in total. The van der Waals surface area contributed by atoms with Gasteiger partial charge in [-0.25, -0.2) is 0 Å². The van der Waals surface area contributed by atoms with Crippen LogP contribution in [0, 0.1) is 5.92 Å². The predicted octanol–water partition coefficient (Wildman–Crippen LogP) is 2.38. The molecule has 2 fully saturated rings. The minimum Gasteiger partial charge on any atom is -0.368 e. The third kappa shape index (κ3) is 3.97. The number of anilines is 1. The first-order valence-corrected chi connectivity index (χ1v) is 9.61. The first kappa shape index (κ1) is 17.6. The third-order valence-electron chi connectivity index (χ3n) is 5.49. The molecule has 140 valence electrons. The highest BCUT2D eigenvalue weighted by Gasteiger charge is 2.37. The molecular weight excluding hydrogens is 338 g/mol. The molecule has 0 N–H and O–H groups in total. The number of nitrogens with zero attached hydrogens (tertiary/aromatic N) is 3. The number of likely N-dealkylation sites (tertiary alicyclic amines) is 1. The van der Waals surface area contributed by atoms with E-state index in [1.807, 2.05) is 58.3 Å². The molecule has 4 rings (SSSR count). The molecule has 0 aromatic heterocycles. The molecular formula is C22H25N3O2. The standard InChI is InChI=1S/C22H25N3O2/c26-21-15-19(17-25(21)16-18-7-3-1-4-8-18)22(27)24-13-11-23(12-14-24)20-9-5-2-6-10-20/h1-10,19H,11-17H2/t19-/m1/s1. The fraction of sp³-hybridized carbons (Fsp3) is 0.364. The van der Waals surface area contributed by atoms with Crippen LogP contribution in [0.3, 0.4) is 0 Å². The van der Waals surface area contributed by atoms with Crippen LogP contribution in [0.5, 0.6) is 0 Å². The van der Waals surface area contributed by atoms with E-state index in [9.17, 15) is 9.59 Å². The fourth-order valence-corrected chi connectivity index (χ4v) is 3.98. The Balaban J connectivity index is 1.32. The monoisotopic (exact) mass is 363 g/mol. The van der Waals surface area contributed by atoms with Gasteiger partial charge in [0.2, 0.25) is 11.8 Å². The molecule has 0 aliphatic carbocycles. The Kier molecular flexibility index (Phi) is 5.10. The van der Waals surface area contributed by atoms with E-state index in [0.717, 1.165) is 31.7 Å². The van der Waals surface area contributed by atoms with Crippen molar-refractivity contribution >= 4 is 17.5 Å². The van der Waals surface area contributed by atoms with Crippen molar-refractivity contribution < 1.29 is 9.59 Å². The number of rotatable bonds is 4. The lowest BCUT2D eigenvalue weighted by Gasteiger charge is -2.37. The van der Waals surface area contributed by atoms with Gasteiger partial charge in [-0.2, -0.15) is 0 Å². The minimum atomic E-state index is -0.204. The van der Waals surface area contributed by atoms with E-state index < -0.39 is 0 Å². The summed E-state index contributed by atoms with van der Waals surface area (Å²) in [5.74, 6) is 0.0104. The van der Waals surface area contributed by atoms with Gasteiger partial charge in [0.1, 0.15) is 0 Å². The Labute approximate surface area is 160 Å². The number of hydrogen-bond donors (Lipinski definition) is 0. The first-order chi connectivity index (χ1) is 13.2. The van der Waals surface area contributed by atoms with E-state index in [2.05, 4.69) is 17.0 Å². The van der Waals surface area contributed by atoms with Crippen LogP contribution in [-0.4, -0.2) is 54.3 Å². The van der Waals surface area contributed by atoms with Gasteiger partial charge in [-0.15, -0.1) is 0 Å². The normalized spacial score (nSPS) is 20.2. The van der Waals surface area contributed by atoms with Gasteiger partial charge in [-0.1, -0.05) is 48.5 Å². The van der Waals surface area contributed by atoms with Crippen LogP contribution in [0.1, 0.15) is 12.0 Å². The van der Waals surface area contributed by atoms with Crippen molar-refractivity contribution in [3.8, 4) is 0 Å². The highest BCUT2D eigenvalue weighted by atomic mass is 16.2. The number of piperazine rings is 1. The number of carbonyl (C=O) groups is 2. The Morgan fingerprint density at radius 3 is 2.19 bits per heavy atom. The Morgan fingerprint density at radius 1 is 0.889 bits per heavy atom. The lowest BCUT2D eigenvalue weighted by atomic mass is 10.1. The maximum absolute atomic E-state index is 12.9. The van der Waals surface area contributed by atoms with Crippen molar-refractivity contribution in [1.82, 2.24) is 9.80 Å². The Morgan fingerprint density at radius 2 is 1.52 bits per heavy atom. The van der Waals surface area contributed by atoms with Gasteiger partial charge >= 0.3 is 0 Å². The van der Waals surface area contributed by atoms with Gasteiger partial charge in [0.25, 0.3) is 0 Å². The van der Waals surface area contributed by atoms with Crippen LogP contribution in [0.25, 0.3) is 0 Å². The third-order valence-corrected chi connectivity index (χ3v) is 5.49. The lowest BCUT2D eigenvalue weighted by molar-refractivity contribution is -0.136. The zero-order valence-corrected chi connectivity index (χ0v) is 15.5. The molecule has 2 aliphatic rings. The molecule has 0 unspecified atom stereocenters. The summed E-state index contributed by atoms with van der Waals surface area (Å²) in [5.41, 5.74) is 2.31. The van der Waals surface area contributed by atoms with Gasteiger partial charge in [-0.3, -0.25) is 9.59 Å². The number of para-hydroxylation sites is 1. The van der Waals surface area contributed by atoms with E-state index in [4.69, 9.17) is 0 Å². The number of benzene rings is 2. The SMILES string of the molecule is O=C1C[C@@H](C(=O)N2CCN(c3ccccc3)CC2)CN1Cc1ccccc1. The summed E-state index contributed by atoms with van der Waals surface area (Å²) in [5, 5.41) is 0. The minimum absolute atomic E-state index is 0.0834. The number of amides is 2. The summed E-state index contributed by atoms with van der Waals surface area (Å²) in [7, 11) is 0. The largest absolute Gasteiger partial charge is 0.368 e. The topological polar surface area (TPSA) is 43.9 Å². The summed E-state index contributed by atoms with van der Waals surface area (Å²) in [6.07, 6.45) is 0.338. The van der Waals surface area contributed by atoms with Crippen molar-refractivity contribution in [3.05, 3.63) is 66.2 Å². The second-order valence-electron chi connectivity index (χ2n) is 7.31. The first-order valence-electron chi connectivity index (χ1n) is 9.61. The second-order valence-corrected chi connectivity index (χ2v) is 7.31. The predicted molar refractivity (Wildman–Crippen MR) is 105 cm³/mol. The van der Waals surface area contributed by atoms with Crippen molar-refractivity contribution in [3.63, 3.8) is 0 Å². The zero-order valence-electron chi connectivity index (χ0n) is 15.5. The van der Waals surface area contributed by atoms with E-state index in [0.29, 0.717) is 19.5 Å². The summed E-state index contributed by atoms with van der Waals surface area (Å²) in [6.45, 7) is 4.24. The van der Waals surface area contributed by atoms with Gasteiger partial charge < -0.3 is 14.7 Å². The molecule has 2 saturated heterocycles. The molecule has 2 aromatic carbocycles. The van der Waals surface area contributed by atoms with Crippen molar-refractivity contribution in [2.75, 3.05) is 37.6 Å². The van der Waals surface area contributed by atoms with E-state index in [-0.39, 0.29) is 17.7 Å². The van der Waals surface area contributed by atoms with Gasteiger partial charge in [0, 0.05) is 51.4 Å². The fourth-order valence-electron chi connectivity index (χ4n) is 3.98. The van der Waals surface area contributed by atoms with E-state index >= 15 is 0 Å². The highest BCUT2D eigenvalue weighted by Crippen LogP contribution is 2.23. The molecule has 0 saturated carbocycles. The Bertz CT molecular complexity index is 786. The quantitative estimate of drug-likeness (QED) is 0.838. The van der Waals surface area contributed by atoms with E-state index in [1.165, 1.54) is 5.69 Å². The van der Waals surface area contributed by atoms with Crippen molar-refractivity contribution in [1.29, 1.82) is 0 Å². The maximum atomic E-state index is 12.9. The van der Waals surface area contributed by atoms with Gasteiger partial charge in [-0.05, 0) is 17.7 Å². The second kappa shape index (κ2) is 7.82. The molecule has 0 radical (unpaired) electrons. The summed E-state index contributed by atoms with van der Waals surface area (Å²) >= 11 is 0. The van der Waals surface area contributed by atoms with E-state index in [1.54, 1.807) is 0 Å². The van der Waals surface area contributed by atoms with Crippen LogP contribution in [0.2, 0.25) is 0 Å². The molecule has 27 heavy (non-hydrogen) atoms. The van der Waals surface area contributed by atoms with Crippen LogP contribution in [0.4, 0.5) is 5.69 Å². The summed E-state index contributed by atoms with van der Waals surface area (Å²) in [4.78, 5) is 31.3. The smallest absolute Gasteiger partial charge is 0.228 e. The Hall–Kier alpha value is -2.82. The summed E-state index contributed by atoms with van der Waals surface area (Å²) < 4.78 is 0. The number of carbonyl (C=O) groups excluding carboxylic acids is 2. The van der Waals surface area contributed by atoms with Crippen LogP contribution in [0.15, 0.2) is 60.7 Å². The molecule has 2 aliphatic heterocycles. The maximum Gasteiger partial charge on any atom is 0.228 e. The van der Waals surface area contributed by atoms with Crippen molar-refractivity contribution in [2.24, 2.45) is 5.92 Å². The van der Waals surface area contributed by atoms with Crippen molar-refractivity contribution in [2.45, 2.75) is 13.0 Å².